The Balaban J connectivity index is 0.000000234. The third kappa shape index (κ3) is 8.59. The van der Waals surface area contributed by atoms with Crippen molar-refractivity contribution in [1.82, 2.24) is 10.5 Å². The summed E-state index contributed by atoms with van der Waals surface area (Å²) in [6.07, 6.45) is -0.459. The molecule has 1 aromatic heterocycles. The van der Waals surface area contributed by atoms with E-state index in [4.69, 9.17) is 0 Å². The van der Waals surface area contributed by atoms with Gasteiger partial charge in [-0.15, -0.1) is 0 Å². The summed E-state index contributed by atoms with van der Waals surface area (Å²) < 4.78 is 45.4. The molecule has 3 rings (SSSR count). The maximum absolute atomic E-state index is 12.4. The SMILES string of the molecule is Brc1ccc(CN(I)I)cc1.Cn1ccn(Cc2ccc(C(F)(F)F)cc2)[c]1=[Pt]. The first-order chi connectivity index (χ1) is 13.6. The molecule has 160 valence electrons. The zero-order chi connectivity index (χ0) is 21.6. The Labute approximate surface area is 214 Å². The summed E-state index contributed by atoms with van der Waals surface area (Å²) in [5, 5.41) is 0. The van der Waals surface area contributed by atoms with E-state index in [0.717, 1.165) is 32.5 Å². The number of hydrogen-bond acceptors (Lipinski definition) is 1. The standard InChI is InChI=1S/C12H11F3N2.C7H6BrI2N.Pt/c1-16-6-7-17(9-16)8-10-2-4-11(5-3-10)12(13,14)15;8-7-3-1-6(2-4-7)5-11(9)10;/h2-7H,8H2,1H3;1-4H,5H2;. The summed E-state index contributed by atoms with van der Waals surface area (Å²) in [7, 11) is 1.92. The van der Waals surface area contributed by atoms with Gasteiger partial charge in [0, 0.05) is 56.7 Å². The molecule has 29 heavy (non-hydrogen) atoms. The number of halogens is 6. The van der Waals surface area contributed by atoms with Crippen molar-refractivity contribution in [2.75, 3.05) is 0 Å². The Hall–Kier alpha value is 0.0283. The number of nitrogens with zero attached hydrogens (tertiary/aromatic N) is 3. The van der Waals surface area contributed by atoms with Crippen LogP contribution in [-0.2, 0) is 45.7 Å². The van der Waals surface area contributed by atoms with Crippen molar-refractivity contribution in [3.8, 4) is 0 Å². The molecule has 3 aromatic rings. The van der Waals surface area contributed by atoms with E-state index in [2.05, 4.69) is 107 Å². The second-order valence-corrected chi connectivity index (χ2v) is 12.2. The van der Waals surface area contributed by atoms with Crippen LogP contribution in [0.25, 0.3) is 0 Å². The second kappa shape index (κ2) is 11.6. The van der Waals surface area contributed by atoms with Gasteiger partial charge in [0.2, 0.25) is 0 Å². The number of alkyl halides is 3. The van der Waals surface area contributed by atoms with Gasteiger partial charge in [-0.1, -0.05) is 28.1 Å². The molecule has 0 aliphatic carbocycles. The normalized spacial score (nSPS) is 11.4. The van der Waals surface area contributed by atoms with Gasteiger partial charge in [-0.25, -0.2) is 0 Å². The molecule has 3 nitrogen and oxygen atoms in total. The van der Waals surface area contributed by atoms with Crippen LogP contribution >= 0.6 is 61.7 Å². The molecule has 0 aliphatic rings. The van der Waals surface area contributed by atoms with Crippen molar-refractivity contribution in [2.24, 2.45) is 7.05 Å². The Kier molecular flexibility index (Phi) is 10.1. The summed E-state index contributed by atoms with van der Waals surface area (Å²) >= 11 is 10.1. The molecule has 2 aromatic carbocycles. The van der Waals surface area contributed by atoms with E-state index in [9.17, 15) is 13.2 Å². The Morgan fingerprint density at radius 2 is 1.52 bits per heavy atom. The van der Waals surface area contributed by atoms with Crippen LogP contribution in [0.15, 0.2) is 65.4 Å². The number of aromatic nitrogens is 2. The quantitative estimate of drug-likeness (QED) is 0.205. The van der Waals surface area contributed by atoms with Crippen LogP contribution in [0.5, 0.6) is 0 Å². The summed E-state index contributed by atoms with van der Waals surface area (Å²) in [6, 6.07) is 13.6. The van der Waals surface area contributed by atoms with Crippen LogP contribution < -0.4 is 0 Å². The Bertz CT molecular complexity index is 968. The fourth-order valence-electron chi connectivity index (χ4n) is 2.33. The average Bonchev–Trinajstić information content (AvgIpc) is 2.96. The molecule has 0 saturated carbocycles. The molecule has 0 fully saturated rings. The van der Waals surface area contributed by atoms with E-state index in [1.165, 1.54) is 17.7 Å². The van der Waals surface area contributed by atoms with E-state index < -0.39 is 11.7 Å². The average molecular weight is 873 g/mol. The van der Waals surface area contributed by atoms with E-state index in [-0.39, 0.29) is 0 Å². The number of hydrogen-bond donors (Lipinski definition) is 0. The third-order valence-electron chi connectivity index (χ3n) is 3.81. The molecule has 0 spiro atoms. The molecule has 0 bridgehead atoms. The van der Waals surface area contributed by atoms with Crippen LogP contribution in [0, 0.1) is 3.80 Å². The molecule has 0 N–H and O–H groups in total. The fraction of sp³-hybridized carbons (Fsp3) is 0.211. The monoisotopic (exact) mass is 872 g/mol. The van der Waals surface area contributed by atoms with Crippen molar-refractivity contribution < 1.29 is 32.5 Å². The second-order valence-electron chi connectivity index (χ2n) is 6.06. The molecule has 0 aliphatic heterocycles. The van der Waals surface area contributed by atoms with Gasteiger partial charge < -0.3 is 0 Å². The summed E-state index contributed by atoms with van der Waals surface area (Å²) in [5.41, 5.74) is 1.56. The van der Waals surface area contributed by atoms with E-state index in [0.29, 0.717) is 6.54 Å². The molecule has 0 atom stereocenters. The van der Waals surface area contributed by atoms with E-state index in [1.54, 1.807) is 0 Å². The minimum atomic E-state index is -4.27. The van der Waals surface area contributed by atoms with Crippen molar-refractivity contribution in [1.29, 1.82) is 0 Å². The molecule has 10 heteroatoms. The van der Waals surface area contributed by atoms with Gasteiger partial charge >= 0.3 is 113 Å². The first-order valence-electron chi connectivity index (χ1n) is 8.23. The Morgan fingerprint density at radius 1 is 0.966 bits per heavy atom. The van der Waals surface area contributed by atoms with E-state index in [1.807, 2.05) is 28.6 Å². The topological polar surface area (TPSA) is 13.1 Å². The van der Waals surface area contributed by atoms with Crippen LogP contribution in [-0.4, -0.2) is 10.5 Å². The van der Waals surface area contributed by atoms with Gasteiger partial charge in [-0.3, -0.25) is 0 Å². The third-order valence-corrected chi connectivity index (χ3v) is 6.47. The van der Waals surface area contributed by atoms with Gasteiger partial charge in [0.1, 0.15) is 0 Å². The Morgan fingerprint density at radius 3 is 1.97 bits per heavy atom. The molecular formula is C19H17BrF3I2N3Pt. The van der Waals surface area contributed by atoms with Crippen LogP contribution in [0.3, 0.4) is 0 Å². The van der Waals surface area contributed by atoms with Crippen LogP contribution in [0.2, 0.25) is 0 Å². The van der Waals surface area contributed by atoms with Crippen molar-refractivity contribution >= 4 is 61.7 Å². The number of imidazole rings is 1. The zero-order valence-corrected chi connectivity index (χ0v) is 23.3. The summed E-state index contributed by atoms with van der Waals surface area (Å²) in [6.45, 7) is 1.55. The molecule has 0 unspecified atom stereocenters. The van der Waals surface area contributed by atoms with Crippen molar-refractivity contribution in [3.05, 3.63) is 85.9 Å². The molecular weight excluding hydrogens is 856 g/mol. The number of aryl methyl sites for hydroxylation is 1. The van der Waals surface area contributed by atoms with Gasteiger partial charge in [-0.2, -0.15) is 1.33 Å². The maximum atomic E-state index is 12.4. The predicted octanol–water partition coefficient (Wildman–Crippen LogP) is 6.92. The molecule has 0 saturated heterocycles. The van der Waals surface area contributed by atoms with Crippen molar-refractivity contribution in [2.45, 2.75) is 19.3 Å². The van der Waals surface area contributed by atoms with Crippen molar-refractivity contribution in [3.63, 3.8) is 0 Å². The molecule has 0 amide bonds. The summed E-state index contributed by atoms with van der Waals surface area (Å²) in [4.78, 5) is 0. The van der Waals surface area contributed by atoms with Crippen LogP contribution in [0.1, 0.15) is 16.7 Å². The fourth-order valence-corrected chi connectivity index (χ4v) is 3.90. The first kappa shape index (κ1) is 25.3. The van der Waals surface area contributed by atoms with Gasteiger partial charge in [-0.05, 0) is 17.7 Å². The molecule has 1 heterocycles. The zero-order valence-electron chi connectivity index (χ0n) is 15.1. The number of rotatable bonds is 4. The minimum absolute atomic E-state index is 0.567. The molecule has 0 radical (unpaired) electrons. The van der Waals surface area contributed by atoms with E-state index >= 15 is 0 Å². The van der Waals surface area contributed by atoms with Gasteiger partial charge in [0.25, 0.3) is 0 Å². The predicted molar refractivity (Wildman–Crippen MR) is 125 cm³/mol. The summed E-state index contributed by atoms with van der Waals surface area (Å²) in [5.74, 6) is 0. The first-order valence-corrected chi connectivity index (χ1v) is 12.1. The van der Waals surface area contributed by atoms with Gasteiger partial charge in [0.15, 0.2) is 0 Å². The van der Waals surface area contributed by atoms with Crippen LogP contribution in [0.4, 0.5) is 13.2 Å². The van der Waals surface area contributed by atoms with Gasteiger partial charge in [0.05, 0.1) is 0 Å². The number of benzene rings is 2.